The molecule has 0 heterocycles. The molecule has 0 saturated carbocycles. The summed E-state index contributed by atoms with van der Waals surface area (Å²) < 4.78 is 5.47. The van der Waals surface area contributed by atoms with Crippen molar-refractivity contribution >= 4 is 33.8 Å². The van der Waals surface area contributed by atoms with Crippen molar-refractivity contribution in [2.24, 2.45) is 0 Å². The molecule has 0 aliphatic carbocycles. The predicted octanol–water partition coefficient (Wildman–Crippen LogP) is 6.71. The Balaban J connectivity index is 1.95. The monoisotopic (exact) mass is 379 g/mol. The molecule has 4 aromatic carbocycles. The number of rotatable bonds is 5. The highest BCUT2D eigenvalue weighted by molar-refractivity contribution is 6.02. The third-order valence-corrected chi connectivity index (χ3v) is 4.75. The van der Waals surface area contributed by atoms with Crippen molar-refractivity contribution in [1.82, 2.24) is 0 Å². The molecule has 0 aliphatic heterocycles. The van der Waals surface area contributed by atoms with Crippen molar-refractivity contribution in [3.8, 4) is 5.75 Å². The summed E-state index contributed by atoms with van der Waals surface area (Å²) in [6.45, 7) is 5.57. The van der Waals surface area contributed by atoms with Crippen molar-refractivity contribution in [1.29, 1.82) is 0 Å². The van der Waals surface area contributed by atoms with Gasteiger partial charge >= 0.3 is 5.97 Å². The van der Waals surface area contributed by atoms with Gasteiger partial charge in [-0.15, -0.1) is 0 Å². The third kappa shape index (κ3) is 3.76. The van der Waals surface area contributed by atoms with Crippen LogP contribution in [0.3, 0.4) is 0 Å². The Labute approximate surface area is 170 Å². The van der Waals surface area contributed by atoms with Crippen LogP contribution < -0.4 is 9.64 Å². The Kier molecular flexibility index (Phi) is 5.12. The van der Waals surface area contributed by atoms with Crippen molar-refractivity contribution in [3.05, 3.63) is 109 Å². The van der Waals surface area contributed by atoms with Crippen LogP contribution in [-0.2, 0) is 4.79 Å². The second kappa shape index (κ2) is 8.03. The first-order chi connectivity index (χ1) is 14.2. The fourth-order valence-electron chi connectivity index (χ4n) is 3.47. The minimum Gasteiger partial charge on any atom is -0.423 e. The second-order valence-corrected chi connectivity index (χ2v) is 6.76. The van der Waals surface area contributed by atoms with Crippen molar-refractivity contribution in [2.45, 2.75) is 6.92 Å². The lowest BCUT2D eigenvalue weighted by molar-refractivity contribution is -0.128. The van der Waals surface area contributed by atoms with Crippen LogP contribution in [0, 0.1) is 6.92 Å². The molecule has 29 heavy (non-hydrogen) atoms. The Hall–Kier alpha value is -3.85. The maximum atomic E-state index is 11.8. The molecule has 0 spiro atoms. The van der Waals surface area contributed by atoms with Gasteiger partial charge in [0.1, 0.15) is 5.75 Å². The minimum absolute atomic E-state index is 0.471. The fourth-order valence-corrected chi connectivity index (χ4v) is 3.47. The first-order valence-electron chi connectivity index (χ1n) is 9.45. The molecule has 0 N–H and O–H groups in total. The number of para-hydroxylation sites is 1. The van der Waals surface area contributed by atoms with E-state index in [4.69, 9.17) is 4.74 Å². The van der Waals surface area contributed by atoms with Gasteiger partial charge < -0.3 is 9.64 Å². The van der Waals surface area contributed by atoms with E-state index >= 15 is 0 Å². The highest BCUT2D eigenvalue weighted by atomic mass is 16.5. The topological polar surface area (TPSA) is 29.5 Å². The van der Waals surface area contributed by atoms with Gasteiger partial charge in [-0.3, -0.25) is 0 Å². The van der Waals surface area contributed by atoms with Crippen LogP contribution in [0.4, 0.5) is 17.1 Å². The number of anilines is 3. The van der Waals surface area contributed by atoms with E-state index in [2.05, 4.69) is 60.9 Å². The van der Waals surface area contributed by atoms with Crippen LogP contribution in [0.15, 0.2) is 104 Å². The number of fused-ring (bicyclic) bond motifs is 1. The van der Waals surface area contributed by atoms with Gasteiger partial charge in [-0.2, -0.15) is 0 Å². The van der Waals surface area contributed by atoms with E-state index in [1.54, 1.807) is 6.07 Å². The number of hydrogen-bond acceptors (Lipinski definition) is 3. The molecule has 4 aromatic rings. The van der Waals surface area contributed by atoms with E-state index in [0.717, 1.165) is 27.8 Å². The van der Waals surface area contributed by atoms with Crippen LogP contribution >= 0.6 is 0 Å². The van der Waals surface area contributed by atoms with Gasteiger partial charge in [0.2, 0.25) is 0 Å². The van der Waals surface area contributed by atoms with E-state index in [1.165, 1.54) is 11.6 Å². The molecule has 3 heteroatoms. The zero-order chi connectivity index (χ0) is 20.2. The number of esters is 1. The Bertz CT molecular complexity index is 1180. The number of ether oxygens (including phenoxy) is 1. The molecule has 0 aromatic heterocycles. The molecule has 0 saturated heterocycles. The summed E-state index contributed by atoms with van der Waals surface area (Å²) in [5, 5.41) is 1.86. The van der Waals surface area contributed by atoms with Gasteiger partial charge in [-0.25, -0.2) is 4.79 Å². The molecular formula is C26H21NO2. The van der Waals surface area contributed by atoms with Crippen LogP contribution in [0.5, 0.6) is 5.75 Å². The normalized spacial score (nSPS) is 10.5. The summed E-state index contributed by atoms with van der Waals surface area (Å²) >= 11 is 0. The maximum absolute atomic E-state index is 11.8. The van der Waals surface area contributed by atoms with Crippen LogP contribution in [-0.4, -0.2) is 5.97 Å². The first kappa shape index (κ1) is 18.5. The number of nitrogens with zero attached hydrogens (tertiary/aromatic N) is 1. The van der Waals surface area contributed by atoms with Gasteiger partial charge in [0.25, 0.3) is 0 Å². The lowest BCUT2D eigenvalue weighted by atomic mass is 10.0. The SMILES string of the molecule is C=CC(=O)Oc1cccc2c(N(c3ccccc3)c3cccc(C)c3)cccc12. The van der Waals surface area contributed by atoms with Crippen LogP contribution in [0.25, 0.3) is 10.8 Å². The molecule has 0 amide bonds. The molecule has 0 aliphatic rings. The number of benzene rings is 4. The van der Waals surface area contributed by atoms with Gasteiger partial charge in [-0.1, -0.05) is 61.2 Å². The van der Waals surface area contributed by atoms with Crippen molar-refractivity contribution in [3.63, 3.8) is 0 Å². The Morgan fingerprint density at radius 3 is 2.28 bits per heavy atom. The maximum Gasteiger partial charge on any atom is 0.335 e. The predicted molar refractivity (Wildman–Crippen MR) is 119 cm³/mol. The summed E-state index contributed by atoms with van der Waals surface area (Å²) in [6.07, 6.45) is 1.17. The van der Waals surface area contributed by atoms with E-state index in [9.17, 15) is 4.79 Å². The summed E-state index contributed by atoms with van der Waals surface area (Å²) in [5.74, 6) is 0.0491. The lowest BCUT2D eigenvalue weighted by Crippen LogP contribution is -2.10. The summed E-state index contributed by atoms with van der Waals surface area (Å²) in [5.41, 5.74) is 4.32. The molecule has 3 nitrogen and oxygen atoms in total. The molecule has 0 unspecified atom stereocenters. The molecular weight excluding hydrogens is 358 g/mol. The van der Waals surface area contributed by atoms with Crippen molar-refractivity contribution < 1.29 is 9.53 Å². The smallest absolute Gasteiger partial charge is 0.335 e. The molecule has 0 radical (unpaired) electrons. The number of carbonyl (C=O) groups is 1. The highest BCUT2D eigenvalue weighted by Crippen LogP contribution is 2.40. The Morgan fingerprint density at radius 1 is 0.828 bits per heavy atom. The third-order valence-electron chi connectivity index (χ3n) is 4.75. The molecule has 4 rings (SSSR count). The average molecular weight is 379 g/mol. The van der Waals surface area contributed by atoms with Crippen LogP contribution in [0.1, 0.15) is 5.56 Å². The molecule has 0 atom stereocenters. The summed E-state index contributed by atoms with van der Waals surface area (Å²) in [7, 11) is 0. The van der Waals surface area contributed by atoms with E-state index in [-0.39, 0.29) is 0 Å². The van der Waals surface area contributed by atoms with E-state index in [1.807, 2.05) is 42.5 Å². The zero-order valence-electron chi connectivity index (χ0n) is 16.2. The largest absolute Gasteiger partial charge is 0.423 e. The standard InChI is InChI=1S/C26H21NO2/c1-3-26(28)29-25-17-9-14-22-23(25)15-8-16-24(22)27(20-11-5-4-6-12-20)21-13-7-10-19(2)18-21/h3-18H,1H2,2H3. The van der Waals surface area contributed by atoms with Gasteiger partial charge in [0.05, 0.1) is 5.69 Å². The van der Waals surface area contributed by atoms with Gasteiger partial charge in [-0.05, 0) is 48.9 Å². The molecule has 0 bridgehead atoms. The van der Waals surface area contributed by atoms with E-state index < -0.39 is 5.97 Å². The first-order valence-corrected chi connectivity index (χ1v) is 9.45. The average Bonchev–Trinajstić information content (AvgIpc) is 2.75. The molecule has 0 fully saturated rings. The van der Waals surface area contributed by atoms with Crippen LogP contribution in [0.2, 0.25) is 0 Å². The second-order valence-electron chi connectivity index (χ2n) is 6.76. The minimum atomic E-state index is -0.471. The van der Waals surface area contributed by atoms with Gasteiger partial charge in [0, 0.05) is 28.2 Å². The van der Waals surface area contributed by atoms with Gasteiger partial charge in [0.15, 0.2) is 0 Å². The highest BCUT2D eigenvalue weighted by Gasteiger charge is 2.16. The summed E-state index contributed by atoms with van der Waals surface area (Å²) in [6, 6.07) is 30.4. The van der Waals surface area contributed by atoms with Crippen molar-refractivity contribution in [2.75, 3.05) is 4.90 Å². The quantitative estimate of drug-likeness (QED) is 0.219. The molecule has 142 valence electrons. The van der Waals surface area contributed by atoms with E-state index in [0.29, 0.717) is 5.75 Å². The zero-order valence-corrected chi connectivity index (χ0v) is 16.2. The Morgan fingerprint density at radius 2 is 1.52 bits per heavy atom. The number of hydrogen-bond donors (Lipinski definition) is 0. The number of carbonyl (C=O) groups excluding carboxylic acids is 1. The fraction of sp³-hybridized carbons (Fsp3) is 0.0385. The number of aryl methyl sites for hydroxylation is 1. The lowest BCUT2D eigenvalue weighted by Gasteiger charge is -2.27. The summed E-state index contributed by atoms with van der Waals surface area (Å²) in [4.78, 5) is 14.0.